The van der Waals surface area contributed by atoms with Crippen LogP contribution < -0.4 is 23.7 Å². The van der Waals surface area contributed by atoms with Gasteiger partial charge in [0.1, 0.15) is 10.5 Å². The Labute approximate surface area is 267 Å². The van der Waals surface area contributed by atoms with Crippen LogP contribution in [0.3, 0.4) is 0 Å². The second-order valence-corrected chi connectivity index (χ2v) is 12.1. The summed E-state index contributed by atoms with van der Waals surface area (Å²) < 4.78 is 48.1. The molecular formula is C30H28BrClN2O9S. The van der Waals surface area contributed by atoms with E-state index in [0.717, 1.165) is 11.3 Å². The van der Waals surface area contributed by atoms with Gasteiger partial charge in [0.15, 0.2) is 23.0 Å². The average molecular weight is 708 g/mol. The minimum atomic E-state index is -4.27. The molecule has 0 atom stereocenters. The third-order valence-corrected chi connectivity index (χ3v) is 8.23. The van der Waals surface area contributed by atoms with Crippen LogP contribution in [0.4, 0.5) is 4.79 Å². The third kappa shape index (κ3) is 7.52. The Balaban J connectivity index is 1.64. The number of benzene rings is 3. The summed E-state index contributed by atoms with van der Waals surface area (Å²) in [4.78, 5) is 39.6. The lowest BCUT2D eigenvalue weighted by molar-refractivity contribution is -0.130. The second-order valence-electron chi connectivity index (χ2n) is 9.30. The lowest BCUT2D eigenvalue weighted by atomic mass is 10.1. The van der Waals surface area contributed by atoms with Crippen LogP contribution in [-0.4, -0.2) is 51.5 Å². The van der Waals surface area contributed by atoms with E-state index in [1.807, 2.05) is 6.92 Å². The van der Waals surface area contributed by atoms with Crippen molar-refractivity contribution in [3.05, 3.63) is 80.8 Å². The minimum Gasteiger partial charge on any atom is -0.493 e. The zero-order valence-corrected chi connectivity index (χ0v) is 27.0. The molecule has 1 aliphatic rings. The van der Waals surface area contributed by atoms with Crippen LogP contribution in [0, 0.1) is 0 Å². The molecule has 0 aliphatic carbocycles. The van der Waals surface area contributed by atoms with Crippen LogP contribution in [0.1, 0.15) is 31.4 Å². The number of amides is 4. The highest BCUT2D eigenvalue weighted by Crippen LogP contribution is 2.39. The van der Waals surface area contributed by atoms with Crippen molar-refractivity contribution in [2.45, 2.75) is 31.7 Å². The number of rotatable bonds is 12. The van der Waals surface area contributed by atoms with Crippen molar-refractivity contribution in [1.29, 1.82) is 0 Å². The van der Waals surface area contributed by atoms with Crippen LogP contribution in [-0.2, 0) is 26.3 Å². The van der Waals surface area contributed by atoms with Gasteiger partial charge in [-0.3, -0.25) is 19.8 Å². The first-order chi connectivity index (χ1) is 21.0. The van der Waals surface area contributed by atoms with Crippen molar-refractivity contribution in [3.63, 3.8) is 0 Å². The summed E-state index contributed by atoms with van der Waals surface area (Å²) in [6.45, 7) is 4.15. The predicted molar refractivity (Wildman–Crippen MR) is 165 cm³/mol. The largest absolute Gasteiger partial charge is 0.493 e. The molecule has 1 heterocycles. The maximum Gasteiger partial charge on any atom is 0.339 e. The number of carbonyl (C=O) groups is 3. The van der Waals surface area contributed by atoms with Gasteiger partial charge in [-0.1, -0.05) is 24.6 Å². The van der Waals surface area contributed by atoms with Gasteiger partial charge in [0.2, 0.25) is 0 Å². The molecule has 0 saturated carbocycles. The summed E-state index contributed by atoms with van der Waals surface area (Å²) in [6, 6.07) is 12.4. The Morgan fingerprint density at radius 1 is 0.955 bits per heavy atom. The molecule has 1 aliphatic heterocycles. The molecule has 0 bridgehead atoms. The van der Waals surface area contributed by atoms with Gasteiger partial charge in [0.25, 0.3) is 11.8 Å². The molecular weight excluding hydrogens is 680 g/mol. The second kappa shape index (κ2) is 14.1. The first-order valence-electron chi connectivity index (χ1n) is 13.3. The quantitative estimate of drug-likeness (QED) is 0.142. The van der Waals surface area contributed by atoms with Crippen LogP contribution in [0.2, 0.25) is 5.02 Å². The summed E-state index contributed by atoms with van der Waals surface area (Å²) in [5, 5.41) is 2.54. The number of carbonyl (C=O) groups excluding carboxylic acids is 3. The Morgan fingerprint density at radius 3 is 2.34 bits per heavy atom. The Morgan fingerprint density at radius 2 is 1.68 bits per heavy atom. The number of barbiturate groups is 1. The number of nitrogens with one attached hydrogen (secondary N) is 1. The van der Waals surface area contributed by atoms with E-state index in [9.17, 15) is 22.8 Å². The summed E-state index contributed by atoms with van der Waals surface area (Å²) in [5.41, 5.74) is 0.535. The van der Waals surface area contributed by atoms with Crippen LogP contribution in [0.15, 0.2) is 69.5 Å². The van der Waals surface area contributed by atoms with Gasteiger partial charge in [-0.15, -0.1) is 0 Å². The lowest BCUT2D eigenvalue weighted by Gasteiger charge is -2.26. The lowest BCUT2D eigenvalue weighted by Crippen LogP contribution is -2.53. The van der Waals surface area contributed by atoms with E-state index in [4.69, 9.17) is 30.0 Å². The topological polar surface area (TPSA) is 138 Å². The van der Waals surface area contributed by atoms with Crippen molar-refractivity contribution < 1.29 is 41.2 Å². The number of ether oxygens (including phenoxy) is 3. The van der Waals surface area contributed by atoms with Crippen LogP contribution in [0.5, 0.6) is 23.0 Å². The van der Waals surface area contributed by atoms with Gasteiger partial charge >= 0.3 is 16.1 Å². The van der Waals surface area contributed by atoms with E-state index in [1.54, 1.807) is 25.1 Å². The molecule has 3 aromatic carbocycles. The summed E-state index contributed by atoms with van der Waals surface area (Å²) >= 11 is 9.18. The Kier molecular flexibility index (Phi) is 10.6. The standard InChI is InChI=1S/C30H28BrClN2O9S/c1-4-12-42-24-11-6-18(15-25(24)40-3)17-34-29(36)22(28(35)33-30(34)37)13-19-14-23(31)27(26(16-19)41-5-2)43-44(38,39)21-9-7-20(32)8-10-21/h6-11,13-16H,4-5,12,17H2,1-3H3,(H,33,35,37)/b22-13+. The Hall–Kier alpha value is -4.07. The van der Waals surface area contributed by atoms with E-state index in [1.165, 1.54) is 49.6 Å². The van der Waals surface area contributed by atoms with Crippen molar-refractivity contribution in [3.8, 4) is 23.0 Å². The molecule has 3 aromatic rings. The fraction of sp³-hybridized carbons (Fsp3) is 0.233. The van der Waals surface area contributed by atoms with E-state index in [2.05, 4.69) is 21.2 Å². The number of halogens is 2. The molecule has 4 rings (SSSR count). The maximum atomic E-state index is 13.4. The molecule has 1 N–H and O–H groups in total. The smallest absolute Gasteiger partial charge is 0.339 e. The highest BCUT2D eigenvalue weighted by Gasteiger charge is 2.36. The summed E-state index contributed by atoms with van der Waals surface area (Å²) in [6.07, 6.45) is 2.07. The molecule has 232 valence electrons. The number of nitrogens with zero attached hydrogens (tertiary/aromatic N) is 1. The fourth-order valence-corrected chi connectivity index (χ4v) is 5.83. The summed E-state index contributed by atoms with van der Waals surface area (Å²) in [5.74, 6) is -0.879. The molecule has 0 unspecified atom stereocenters. The number of imide groups is 2. The number of methoxy groups -OCH3 is 1. The number of hydrogen-bond acceptors (Lipinski definition) is 9. The van der Waals surface area contributed by atoms with E-state index in [-0.39, 0.29) is 39.6 Å². The predicted octanol–water partition coefficient (Wildman–Crippen LogP) is 5.73. The zero-order chi connectivity index (χ0) is 32.0. The SMILES string of the molecule is CCCOc1ccc(CN2C(=O)NC(=O)/C(=C\c3cc(Br)c(OS(=O)(=O)c4ccc(Cl)cc4)c(OCC)c3)C2=O)cc1OC. The van der Waals surface area contributed by atoms with E-state index in [0.29, 0.717) is 34.3 Å². The third-order valence-electron chi connectivity index (χ3n) is 6.15. The molecule has 0 aromatic heterocycles. The number of hydrogen-bond donors (Lipinski definition) is 1. The van der Waals surface area contributed by atoms with Gasteiger partial charge in [0, 0.05) is 5.02 Å². The summed E-state index contributed by atoms with van der Waals surface area (Å²) in [7, 11) is -2.79. The van der Waals surface area contributed by atoms with Gasteiger partial charge in [-0.25, -0.2) is 4.79 Å². The maximum absolute atomic E-state index is 13.4. The van der Waals surface area contributed by atoms with Crippen LogP contribution >= 0.6 is 27.5 Å². The highest BCUT2D eigenvalue weighted by molar-refractivity contribution is 9.10. The molecule has 11 nitrogen and oxygen atoms in total. The normalized spacial score (nSPS) is 14.4. The first-order valence-corrected chi connectivity index (χ1v) is 15.9. The van der Waals surface area contributed by atoms with Gasteiger partial charge in [-0.05, 0) is 95.0 Å². The minimum absolute atomic E-state index is 0.0281. The van der Waals surface area contributed by atoms with Crippen LogP contribution in [0.25, 0.3) is 6.08 Å². The monoisotopic (exact) mass is 706 g/mol. The van der Waals surface area contributed by atoms with Gasteiger partial charge in [-0.2, -0.15) is 8.42 Å². The molecule has 0 spiro atoms. The highest BCUT2D eigenvalue weighted by atomic mass is 79.9. The van der Waals surface area contributed by atoms with E-state index >= 15 is 0 Å². The molecule has 0 radical (unpaired) electrons. The number of urea groups is 1. The van der Waals surface area contributed by atoms with Crippen molar-refractivity contribution in [2.75, 3.05) is 20.3 Å². The molecule has 14 heteroatoms. The Bertz CT molecular complexity index is 1730. The van der Waals surface area contributed by atoms with Gasteiger partial charge in [0.05, 0.1) is 31.3 Å². The first kappa shape index (κ1) is 32.8. The molecule has 1 saturated heterocycles. The van der Waals surface area contributed by atoms with E-state index < -0.39 is 28.0 Å². The van der Waals surface area contributed by atoms with Crippen molar-refractivity contribution in [2.24, 2.45) is 0 Å². The average Bonchev–Trinajstić information content (AvgIpc) is 2.98. The molecule has 4 amide bonds. The van der Waals surface area contributed by atoms with Crippen molar-refractivity contribution >= 4 is 61.6 Å². The van der Waals surface area contributed by atoms with Gasteiger partial charge < -0.3 is 18.4 Å². The molecule has 44 heavy (non-hydrogen) atoms. The zero-order valence-electron chi connectivity index (χ0n) is 23.9. The fourth-order valence-electron chi connectivity index (χ4n) is 4.10. The van der Waals surface area contributed by atoms with Crippen molar-refractivity contribution in [1.82, 2.24) is 10.2 Å². The molecule has 1 fully saturated rings.